The molecule has 2 rings (SSSR count). The second-order valence-electron chi connectivity index (χ2n) is 4.24. The van der Waals surface area contributed by atoms with Gasteiger partial charge in [-0.3, -0.25) is 0 Å². The number of ether oxygens (including phenoxy) is 1. The lowest BCUT2D eigenvalue weighted by atomic mass is 10.1. The Morgan fingerprint density at radius 1 is 0.842 bits per heavy atom. The summed E-state index contributed by atoms with van der Waals surface area (Å²) >= 11 is 5.54. The zero-order valence-corrected chi connectivity index (χ0v) is 11.5. The van der Waals surface area contributed by atoms with Crippen LogP contribution in [0.3, 0.4) is 0 Å². The molecule has 2 aromatic rings. The molecule has 0 radical (unpaired) electrons. The highest BCUT2D eigenvalue weighted by molar-refractivity contribution is 6.18. The quantitative estimate of drug-likeness (QED) is 0.558. The first-order valence-corrected chi connectivity index (χ1v) is 6.88. The van der Waals surface area contributed by atoms with E-state index in [0.29, 0.717) is 12.5 Å². The third-order valence-electron chi connectivity index (χ3n) is 2.78. The summed E-state index contributed by atoms with van der Waals surface area (Å²) in [6, 6.07) is 18.7. The van der Waals surface area contributed by atoms with Gasteiger partial charge in [0, 0.05) is 5.88 Å². The van der Waals surface area contributed by atoms with Crippen LogP contribution in [0.15, 0.2) is 66.7 Å². The maximum atomic E-state index is 5.57. The molecule has 2 heteroatoms. The fraction of sp³-hybridized carbons (Fsp3) is 0.176. The van der Waals surface area contributed by atoms with Crippen LogP contribution in [0.2, 0.25) is 0 Å². The minimum atomic E-state index is 0.527. The average Bonchev–Trinajstić information content (AvgIpc) is 2.46. The van der Waals surface area contributed by atoms with Gasteiger partial charge >= 0.3 is 0 Å². The predicted octanol–water partition coefficient (Wildman–Crippen LogP) is 4.45. The molecule has 0 heterocycles. The first kappa shape index (κ1) is 13.7. The first-order chi connectivity index (χ1) is 9.38. The van der Waals surface area contributed by atoms with Crippen LogP contribution in [0.5, 0.6) is 5.75 Å². The van der Waals surface area contributed by atoms with Crippen LogP contribution in [-0.2, 0) is 6.42 Å². The SMILES string of the molecule is ClCC=CCOc1ccc(Cc2ccccc2)cc1. The molecule has 0 atom stereocenters. The number of rotatable bonds is 6. The van der Waals surface area contributed by atoms with Crippen molar-refractivity contribution in [3.05, 3.63) is 77.9 Å². The lowest BCUT2D eigenvalue weighted by molar-refractivity contribution is 0.362. The van der Waals surface area contributed by atoms with Crippen molar-refractivity contribution in [3.8, 4) is 5.75 Å². The second kappa shape index (κ2) is 7.65. The number of halogens is 1. The Kier molecular flexibility index (Phi) is 5.51. The van der Waals surface area contributed by atoms with Gasteiger partial charge in [0.2, 0.25) is 0 Å². The molecule has 0 N–H and O–H groups in total. The maximum Gasteiger partial charge on any atom is 0.119 e. The van der Waals surface area contributed by atoms with Gasteiger partial charge in [0.15, 0.2) is 0 Å². The van der Waals surface area contributed by atoms with E-state index in [1.807, 2.05) is 30.4 Å². The largest absolute Gasteiger partial charge is 0.490 e. The monoisotopic (exact) mass is 272 g/mol. The van der Waals surface area contributed by atoms with Gasteiger partial charge in [-0.15, -0.1) is 11.6 Å². The summed E-state index contributed by atoms with van der Waals surface area (Å²) in [5.41, 5.74) is 2.61. The Labute approximate surface area is 119 Å². The van der Waals surface area contributed by atoms with Crippen molar-refractivity contribution in [3.63, 3.8) is 0 Å². The lowest BCUT2D eigenvalue weighted by Gasteiger charge is -2.05. The number of benzene rings is 2. The van der Waals surface area contributed by atoms with Crippen LogP contribution in [0.4, 0.5) is 0 Å². The summed E-state index contributed by atoms with van der Waals surface area (Å²) in [6.07, 6.45) is 4.75. The van der Waals surface area contributed by atoms with E-state index in [4.69, 9.17) is 16.3 Å². The molecule has 19 heavy (non-hydrogen) atoms. The summed E-state index contributed by atoms with van der Waals surface area (Å²) < 4.78 is 5.57. The molecule has 0 saturated carbocycles. The highest BCUT2D eigenvalue weighted by atomic mass is 35.5. The molecule has 2 aromatic carbocycles. The molecule has 1 nitrogen and oxygen atoms in total. The normalized spacial score (nSPS) is 10.8. The Balaban J connectivity index is 1.89. The highest BCUT2D eigenvalue weighted by Crippen LogP contribution is 2.15. The molecule has 0 saturated heterocycles. The molecule has 98 valence electrons. The van der Waals surface area contributed by atoms with E-state index in [1.54, 1.807) is 0 Å². The van der Waals surface area contributed by atoms with Crippen molar-refractivity contribution in [2.75, 3.05) is 12.5 Å². The molecule has 0 aliphatic rings. The topological polar surface area (TPSA) is 9.23 Å². The van der Waals surface area contributed by atoms with Crippen LogP contribution in [0, 0.1) is 0 Å². The summed E-state index contributed by atoms with van der Waals surface area (Å²) in [5.74, 6) is 1.41. The number of hydrogen-bond acceptors (Lipinski definition) is 1. The smallest absolute Gasteiger partial charge is 0.119 e. The van der Waals surface area contributed by atoms with Crippen LogP contribution >= 0.6 is 11.6 Å². The van der Waals surface area contributed by atoms with E-state index in [1.165, 1.54) is 11.1 Å². The second-order valence-corrected chi connectivity index (χ2v) is 4.55. The Hall–Kier alpha value is -1.73. The van der Waals surface area contributed by atoms with Crippen molar-refractivity contribution >= 4 is 11.6 Å². The summed E-state index contributed by atoms with van der Waals surface area (Å²) in [5, 5.41) is 0. The molecule has 0 fully saturated rings. The van der Waals surface area contributed by atoms with Gasteiger partial charge in [0.1, 0.15) is 12.4 Å². The molecular formula is C17H17ClO. The van der Waals surface area contributed by atoms with E-state index < -0.39 is 0 Å². The maximum absolute atomic E-state index is 5.57. The van der Waals surface area contributed by atoms with Gasteiger partial charge in [-0.2, -0.15) is 0 Å². The number of alkyl halides is 1. The zero-order chi connectivity index (χ0) is 13.3. The van der Waals surface area contributed by atoms with Crippen molar-refractivity contribution in [1.82, 2.24) is 0 Å². The lowest BCUT2D eigenvalue weighted by Crippen LogP contribution is -1.94. The van der Waals surface area contributed by atoms with E-state index in [-0.39, 0.29) is 0 Å². The summed E-state index contributed by atoms with van der Waals surface area (Å²) in [4.78, 5) is 0. The Morgan fingerprint density at radius 3 is 2.21 bits per heavy atom. The number of allylic oxidation sites excluding steroid dienone is 1. The zero-order valence-electron chi connectivity index (χ0n) is 10.8. The molecule has 0 amide bonds. The third kappa shape index (κ3) is 4.80. The molecule has 0 aromatic heterocycles. The molecule has 0 aliphatic heterocycles. The first-order valence-electron chi connectivity index (χ1n) is 6.35. The summed E-state index contributed by atoms with van der Waals surface area (Å²) in [7, 11) is 0. The van der Waals surface area contributed by atoms with Crippen LogP contribution in [0.25, 0.3) is 0 Å². The van der Waals surface area contributed by atoms with E-state index in [0.717, 1.165) is 12.2 Å². The van der Waals surface area contributed by atoms with Gasteiger partial charge in [-0.05, 0) is 29.7 Å². The van der Waals surface area contributed by atoms with Crippen molar-refractivity contribution in [1.29, 1.82) is 0 Å². The van der Waals surface area contributed by atoms with Crippen molar-refractivity contribution < 1.29 is 4.74 Å². The fourth-order valence-corrected chi connectivity index (χ4v) is 1.94. The molecule has 0 spiro atoms. The van der Waals surface area contributed by atoms with Gasteiger partial charge in [-0.25, -0.2) is 0 Å². The average molecular weight is 273 g/mol. The van der Waals surface area contributed by atoms with Crippen molar-refractivity contribution in [2.24, 2.45) is 0 Å². The van der Waals surface area contributed by atoms with Gasteiger partial charge in [0.25, 0.3) is 0 Å². The molecule has 0 bridgehead atoms. The standard InChI is InChI=1S/C17H17ClO/c18-12-4-5-13-19-17-10-8-16(9-11-17)14-15-6-2-1-3-7-15/h1-11H,12-14H2. The third-order valence-corrected chi connectivity index (χ3v) is 2.95. The van der Waals surface area contributed by atoms with E-state index >= 15 is 0 Å². The van der Waals surface area contributed by atoms with E-state index in [9.17, 15) is 0 Å². The summed E-state index contributed by atoms with van der Waals surface area (Å²) in [6.45, 7) is 0.560. The minimum Gasteiger partial charge on any atom is -0.490 e. The van der Waals surface area contributed by atoms with Crippen LogP contribution in [0.1, 0.15) is 11.1 Å². The van der Waals surface area contributed by atoms with Gasteiger partial charge in [-0.1, -0.05) is 54.6 Å². The van der Waals surface area contributed by atoms with Crippen LogP contribution < -0.4 is 4.74 Å². The molecule has 0 unspecified atom stereocenters. The van der Waals surface area contributed by atoms with Gasteiger partial charge in [0.05, 0.1) is 0 Å². The van der Waals surface area contributed by atoms with Crippen molar-refractivity contribution in [2.45, 2.75) is 6.42 Å². The minimum absolute atomic E-state index is 0.527. The predicted molar refractivity (Wildman–Crippen MR) is 81.0 cm³/mol. The Morgan fingerprint density at radius 2 is 1.53 bits per heavy atom. The molecule has 0 aliphatic carbocycles. The van der Waals surface area contributed by atoms with Gasteiger partial charge < -0.3 is 4.74 Å². The fourth-order valence-electron chi connectivity index (χ4n) is 1.81. The highest BCUT2D eigenvalue weighted by Gasteiger charge is 1.97. The van der Waals surface area contributed by atoms with Crippen LogP contribution in [-0.4, -0.2) is 12.5 Å². The molecular weight excluding hydrogens is 256 g/mol. The number of hydrogen-bond donors (Lipinski definition) is 0. The van der Waals surface area contributed by atoms with E-state index in [2.05, 4.69) is 36.4 Å². The Bertz CT molecular complexity index is 503.